The molecule has 1 atom stereocenters. The van der Waals surface area contributed by atoms with Crippen LogP contribution in [-0.4, -0.2) is 37.9 Å². The van der Waals surface area contributed by atoms with Crippen molar-refractivity contribution < 1.29 is 28.5 Å². The molecule has 0 bridgehead atoms. The van der Waals surface area contributed by atoms with Gasteiger partial charge in [-0.05, 0) is 25.8 Å². The fourth-order valence-electron chi connectivity index (χ4n) is 2.51. The van der Waals surface area contributed by atoms with Crippen molar-refractivity contribution in [2.75, 3.05) is 19.8 Å². The van der Waals surface area contributed by atoms with Crippen molar-refractivity contribution >= 4 is 11.9 Å². The highest BCUT2D eigenvalue weighted by Crippen LogP contribution is 2.27. The first-order valence-electron chi connectivity index (χ1n) is 8.51. The van der Waals surface area contributed by atoms with E-state index in [2.05, 4.69) is 0 Å². The molecule has 136 valence electrons. The molecule has 0 N–H and O–H groups in total. The van der Waals surface area contributed by atoms with Gasteiger partial charge in [0.05, 0.1) is 26.4 Å². The number of allylic oxidation sites excluding steroid dienone is 1. The Bertz CT molecular complexity index is 588. The van der Waals surface area contributed by atoms with Crippen LogP contribution in [0.25, 0.3) is 0 Å². The number of benzene rings is 1. The average molecular weight is 348 g/mol. The summed E-state index contributed by atoms with van der Waals surface area (Å²) >= 11 is 0. The summed E-state index contributed by atoms with van der Waals surface area (Å²) in [5, 5.41) is 0. The maximum atomic E-state index is 12.1. The molecule has 0 aromatic heterocycles. The van der Waals surface area contributed by atoms with E-state index in [0.717, 1.165) is 5.56 Å². The SMILES string of the molecule is CCOC(=O)C(C(=O)OCC)=C1CCC(COCc2ccccc2)O1. The van der Waals surface area contributed by atoms with Crippen LogP contribution in [0.5, 0.6) is 0 Å². The van der Waals surface area contributed by atoms with Crippen LogP contribution in [0.15, 0.2) is 41.7 Å². The first-order chi connectivity index (χ1) is 12.2. The minimum absolute atomic E-state index is 0.144. The molecule has 1 fully saturated rings. The molecular formula is C19H24O6. The Morgan fingerprint density at radius 2 is 1.72 bits per heavy atom. The molecule has 1 unspecified atom stereocenters. The summed E-state index contributed by atoms with van der Waals surface area (Å²) in [7, 11) is 0. The minimum Gasteiger partial charge on any atom is -0.491 e. The number of esters is 2. The predicted octanol–water partition coefficient (Wildman–Crippen LogP) is 2.76. The van der Waals surface area contributed by atoms with E-state index in [1.165, 1.54) is 0 Å². The largest absolute Gasteiger partial charge is 0.491 e. The molecule has 6 nitrogen and oxygen atoms in total. The second kappa shape index (κ2) is 9.84. The maximum absolute atomic E-state index is 12.1. The molecule has 2 rings (SSSR count). The van der Waals surface area contributed by atoms with Crippen LogP contribution in [-0.2, 0) is 35.1 Å². The van der Waals surface area contributed by atoms with Gasteiger partial charge < -0.3 is 18.9 Å². The van der Waals surface area contributed by atoms with E-state index in [9.17, 15) is 9.59 Å². The van der Waals surface area contributed by atoms with Gasteiger partial charge in [0.25, 0.3) is 0 Å². The highest BCUT2D eigenvalue weighted by molar-refractivity contribution is 6.14. The summed E-state index contributed by atoms with van der Waals surface area (Å²) < 4.78 is 21.3. The Morgan fingerprint density at radius 3 is 2.32 bits per heavy atom. The lowest BCUT2D eigenvalue weighted by molar-refractivity contribution is -0.147. The van der Waals surface area contributed by atoms with Gasteiger partial charge in [0.15, 0.2) is 5.57 Å². The number of hydrogen-bond donors (Lipinski definition) is 0. The van der Waals surface area contributed by atoms with Crippen molar-refractivity contribution in [3.8, 4) is 0 Å². The molecule has 25 heavy (non-hydrogen) atoms. The normalized spacial score (nSPS) is 16.2. The molecule has 1 aromatic carbocycles. The molecule has 1 aliphatic heterocycles. The minimum atomic E-state index is -0.707. The van der Waals surface area contributed by atoms with Crippen molar-refractivity contribution in [3.05, 3.63) is 47.2 Å². The van der Waals surface area contributed by atoms with Gasteiger partial charge in [0.1, 0.15) is 11.9 Å². The van der Waals surface area contributed by atoms with Crippen LogP contribution in [0.3, 0.4) is 0 Å². The Balaban J connectivity index is 1.95. The number of carbonyl (C=O) groups is 2. The zero-order valence-corrected chi connectivity index (χ0v) is 14.7. The third-order valence-electron chi connectivity index (χ3n) is 3.66. The molecule has 0 spiro atoms. The van der Waals surface area contributed by atoms with Crippen LogP contribution in [0, 0.1) is 0 Å². The summed E-state index contributed by atoms with van der Waals surface area (Å²) in [5.41, 5.74) is 0.934. The standard InChI is InChI=1S/C19H24O6/c1-3-23-18(20)17(19(21)24-4-2)16-11-10-15(25-16)13-22-12-14-8-6-5-7-9-14/h5-9,15H,3-4,10-13H2,1-2H3. The Labute approximate surface area is 147 Å². The number of hydrogen-bond acceptors (Lipinski definition) is 6. The highest BCUT2D eigenvalue weighted by Gasteiger charge is 2.32. The molecule has 1 heterocycles. The molecule has 0 radical (unpaired) electrons. The van der Waals surface area contributed by atoms with E-state index < -0.39 is 11.9 Å². The fraction of sp³-hybridized carbons (Fsp3) is 0.474. The average Bonchev–Trinajstić information content (AvgIpc) is 3.05. The number of ether oxygens (including phenoxy) is 4. The first kappa shape index (κ1) is 19.0. The number of carbonyl (C=O) groups excluding carboxylic acids is 2. The van der Waals surface area contributed by atoms with Gasteiger partial charge in [-0.3, -0.25) is 0 Å². The molecule has 1 saturated heterocycles. The fourth-order valence-corrected chi connectivity index (χ4v) is 2.51. The lowest BCUT2D eigenvalue weighted by Gasteiger charge is -2.13. The van der Waals surface area contributed by atoms with Crippen molar-refractivity contribution in [3.63, 3.8) is 0 Å². The van der Waals surface area contributed by atoms with E-state index in [-0.39, 0.29) is 24.9 Å². The van der Waals surface area contributed by atoms with Gasteiger partial charge in [-0.25, -0.2) is 9.59 Å². The van der Waals surface area contributed by atoms with Gasteiger partial charge in [-0.15, -0.1) is 0 Å². The lowest BCUT2D eigenvalue weighted by atomic mass is 10.1. The molecule has 1 aromatic rings. The smallest absolute Gasteiger partial charge is 0.349 e. The Hall–Kier alpha value is -2.34. The monoisotopic (exact) mass is 348 g/mol. The Morgan fingerprint density at radius 1 is 1.08 bits per heavy atom. The topological polar surface area (TPSA) is 71.1 Å². The maximum Gasteiger partial charge on any atom is 0.349 e. The van der Waals surface area contributed by atoms with Gasteiger partial charge >= 0.3 is 11.9 Å². The lowest BCUT2D eigenvalue weighted by Crippen LogP contribution is -2.21. The zero-order chi connectivity index (χ0) is 18.1. The van der Waals surface area contributed by atoms with E-state index >= 15 is 0 Å². The second-order valence-electron chi connectivity index (χ2n) is 5.52. The highest BCUT2D eigenvalue weighted by atomic mass is 16.6. The summed E-state index contributed by atoms with van der Waals surface area (Å²) in [6.07, 6.45) is 0.955. The third-order valence-corrected chi connectivity index (χ3v) is 3.66. The van der Waals surface area contributed by atoms with E-state index in [4.69, 9.17) is 18.9 Å². The Kier molecular flexibility index (Phi) is 7.47. The van der Waals surface area contributed by atoms with E-state index in [0.29, 0.717) is 31.8 Å². The molecule has 1 aliphatic rings. The van der Waals surface area contributed by atoms with Crippen molar-refractivity contribution in [1.29, 1.82) is 0 Å². The second-order valence-corrected chi connectivity index (χ2v) is 5.52. The van der Waals surface area contributed by atoms with E-state index in [1.54, 1.807) is 13.8 Å². The first-order valence-corrected chi connectivity index (χ1v) is 8.51. The summed E-state index contributed by atoms with van der Waals surface area (Å²) in [4.78, 5) is 24.1. The van der Waals surface area contributed by atoms with Crippen LogP contribution in [0.2, 0.25) is 0 Å². The van der Waals surface area contributed by atoms with Crippen molar-refractivity contribution in [1.82, 2.24) is 0 Å². The van der Waals surface area contributed by atoms with Crippen LogP contribution in [0.1, 0.15) is 32.3 Å². The molecule has 0 saturated carbocycles. The van der Waals surface area contributed by atoms with E-state index in [1.807, 2.05) is 30.3 Å². The van der Waals surface area contributed by atoms with Crippen LogP contribution < -0.4 is 0 Å². The zero-order valence-electron chi connectivity index (χ0n) is 14.7. The number of rotatable bonds is 8. The molecule has 0 amide bonds. The van der Waals surface area contributed by atoms with Gasteiger partial charge in [0.2, 0.25) is 0 Å². The quantitative estimate of drug-likeness (QED) is 0.311. The van der Waals surface area contributed by atoms with Crippen LogP contribution >= 0.6 is 0 Å². The third kappa shape index (κ3) is 5.60. The summed E-state index contributed by atoms with van der Waals surface area (Å²) in [6, 6.07) is 9.83. The molecular weight excluding hydrogens is 324 g/mol. The van der Waals surface area contributed by atoms with Gasteiger partial charge in [-0.1, -0.05) is 30.3 Å². The van der Waals surface area contributed by atoms with Crippen molar-refractivity contribution in [2.45, 2.75) is 39.4 Å². The molecule has 0 aliphatic carbocycles. The predicted molar refractivity (Wildman–Crippen MR) is 90.5 cm³/mol. The van der Waals surface area contributed by atoms with Gasteiger partial charge in [0, 0.05) is 6.42 Å². The summed E-state index contributed by atoms with van der Waals surface area (Å²) in [6.45, 7) is 4.60. The van der Waals surface area contributed by atoms with Crippen molar-refractivity contribution in [2.24, 2.45) is 0 Å². The molecule has 6 heteroatoms. The van der Waals surface area contributed by atoms with Gasteiger partial charge in [-0.2, -0.15) is 0 Å². The van der Waals surface area contributed by atoms with Crippen LogP contribution in [0.4, 0.5) is 0 Å². The summed E-state index contributed by atoms with van der Waals surface area (Å²) in [5.74, 6) is -1.09.